The minimum absolute atomic E-state index is 0.0254. The fourth-order valence-electron chi connectivity index (χ4n) is 5.52. The molecule has 0 aliphatic carbocycles. The highest BCUT2D eigenvalue weighted by molar-refractivity contribution is 6.33. The summed E-state index contributed by atoms with van der Waals surface area (Å²) in [6.07, 6.45) is 3.67. The van der Waals surface area contributed by atoms with Crippen molar-refractivity contribution in [1.82, 2.24) is 19.9 Å². The molecule has 0 fully saturated rings. The van der Waals surface area contributed by atoms with Crippen LogP contribution in [0.25, 0.3) is 21.8 Å². The molecule has 9 nitrogen and oxygen atoms in total. The summed E-state index contributed by atoms with van der Waals surface area (Å²) in [5.74, 6) is 0.293. The number of phenolic OH excluding ortho intramolecular Hbond substituents is 2. The van der Waals surface area contributed by atoms with Crippen LogP contribution in [0, 0.1) is 25.5 Å². The van der Waals surface area contributed by atoms with Crippen molar-refractivity contribution in [3.63, 3.8) is 0 Å². The molecular formula is C44H36Cl2F2N6O3. The van der Waals surface area contributed by atoms with Crippen molar-refractivity contribution in [3.05, 3.63) is 190 Å². The third kappa shape index (κ3) is 11.0. The molecule has 0 aliphatic heterocycles. The highest BCUT2D eigenvalue weighted by Crippen LogP contribution is 2.39. The molecule has 0 radical (unpaired) electrons. The number of rotatable bonds is 5. The Morgan fingerprint density at radius 1 is 0.667 bits per heavy atom. The molecule has 288 valence electrons. The Bertz CT molecular complexity index is 2570. The molecule has 0 bridgehead atoms. The third-order valence-corrected chi connectivity index (χ3v) is 8.86. The molecule has 1 unspecified atom stereocenters. The van der Waals surface area contributed by atoms with Gasteiger partial charge in [0, 0.05) is 50.7 Å². The number of anilines is 2. The summed E-state index contributed by atoms with van der Waals surface area (Å²) in [7, 11) is 0. The van der Waals surface area contributed by atoms with Crippen molar-refractivity contribution in [2.75, 3.05) is 11.1 Å². The van der Waals surface area contributed by atoms with Gasteiger partial charge in [0.2, 0.25) is 0 Å². The van der Waals surface area contributed by atoms with E-state index in [1.807, 2.05) is 68.4 Å². The highest BCUT2D eigenvalue weighted by atomic mass is 35.5. The number of halogens is 4. The van der Waals surface area contributed by atoms with Gasteiger partial charge in [-0.2, -0.15) is 0 Å². The number of aldehydes is 1. The van der Waals surface area contributed by atoms with E-state index in [-0.39, 0.29) is 32.7 Å². The fraction of sp³-hybridized carbons (Fsp3) is 0.0682. The molecule has 8 rings (SSSR count). The summed E-state index contributed by atoms with van der Waals surface area (Å²) < 4.78 is 27.3. The summed E-state index contributed by atoms with van der Waals surface area (Å²) >= 11 is 11.8. The number of pyridine rings is 4. The number of para-hydroxylation sites is 1. The molecular weight excluding hydrogens is 769 g/mol. The van der Waals surface area contributed by atoms with Crippen molar-refractivity contribution in [2.24, 2.45) is 0 Å². The van der Waals surface area contributed by atoms with Gasteiger partial charge in [-0.15, -0.1) is 0 Å². The quantitative estimate of drug-likeness (QED) is 0.125. The van der Waals surface area contributed by atoms with Crippen LogP contribution in [0.3, 0.4) is 0 Å². The second kappa shape index (κ2) is 19.8. The number of nitrogens with zero attached hydrogens (tertiary/aromatic N) is 4. The first kappa shape index (κ1) is 41.5. The molecule has 13 heteroatoms. The largest absolute Gasteiger partial charge is 0.506 e. The number of aromatic nitrogens is 4. The van der Waals surface area contributed by atoms with E-state index in [1.165, 1.54) is 24.3 Å². The van der Waals surface area contributed by atoms with Crippen LogP contribution in [-0.2, 0) is 0 Å². The van der Waals surface area contributed by atoms with Crippen LogP contribution in [0.5, 0.6) is 11.5 Å². The summed E-state index contributed by atoms with van der Waals surface area (Å²) in [4.78, 5) is 26.8. The molecule has 0 saturated heterocycles. The molecule has 4 aromatic heterocycles. The van der Waals surface area contributed by atoms with Crippen molar-refractivity contribution < 1.29 is 23.8 Å². The van der Waals surface area contributed by atoms with Gasteiger partial charge in [-0.05, 0) is 80.6 Å². The predicted molar refractivity (Wildman–Crippen MR) is 223 cm³/mol. The van der Waals surface area contributed by atoms with Crippen molar-refractivity contribution in [1.29, 1.82) is 0 Å². The Labute approximate surface area is 337 Å². The molecule has 0 saturated carbocycles. The molecule has 4 heterocycles. The van der Waals surface area contributed by atoms with Gasteiger partial charge >= 0.3 is 0 Å². The summed E-state index contributed by atoms with van der Waals surface area (Å²) in [5, 5.41) is 25.6. The molecule has 5 N–H and O–H groups in total. The van der Waals surface area contributed by atoms with E-state index in [1.54, 1.807) is 60.9 Å². The molecule has 0 spiro atoms. The lowest BCUT2D eigenvalue weighted by molar-refractivity contribution is 0.112. The van der Waals surface area contributed by atoms with Crippen LogP contribution in [0.4, 0.5) is 20.4 Å². The van der Waals surface area contributed by atoms with Gasteiger partial charge in [-0.3, -0.25) is 14.8 Å². The number of nitrogen functional groups attached to an aromatic ring is 1. The normalized spacial score (nSPS) is 10.8. The number of carbonyl (C=O) groups is 1. The monoisotopic (exact) mass is 804 g/mol. The SMILES string of the molecule is Cc1cccc(N)n1.Cc1cccc(NC(c2ccc3cccnc3c2O)c2c(F)cccc2Cl)n1.O=Cc1c(F)cccc1Cl.Oc1cccc2cccnc12. The van der Waals surface area contributed by atoms with Gasteiger partial charge < -0.3 is 21.3 Å². The minimum Gasteiger partial charge on any atom is -0.506 e. The van der Waals surface area contributed by atoms with Crippen LogP contribution in [-0.4, -0.2) is 36.4 Å². The van der Waals surface area contributed by atoms with E-state index in [9.17, 15) is 23.8 Å². The standard InChI is InChI=1S/C22H17ClFN3O.C9H7NO.C7H4ClFO.C6H8N2/c1-13-5-2-9-18(26-13)27-21(19-16(23)7-3-8-17(19)24)15-11-10-14-6-4-12-25-20(14)22(15)28;11-8-5-1-3-7-4-2-6-10-9(7)8;8-6-2-1-3-7(9)5(6)4-10;1-5-3-2-4-6(7)8-5/h2-12,21,28H,1H3,(H,26,27);1-6,11H;1-4H;2-4H,1H3,(H2,7,8). The Hall–Kier alpha value is -6.69. The number of nitrogens with one attached hydrogen (secondary N) is 1. The fourth-order valence-corrected chi connectivity index (χ4v) is 6.00. The van der Waals surface area contributed by atoms with Gasteiger partial charge in [0.25, 0.3) is 0 Å². The van der Waals surface area contributed by atoms with E-state index >= 15 is 0 Å². The Morgan fingerprint density at radius 3 is 1.82 bits per heavy atom. The maximum absolute atomic E-state index is 14.8. The number of nitrogens with two attached hydrogens (primary N) is 1. The first-order chi connectivity index (χ1) is 27.5. The summed E-state index contributed by atoms with van der Waals surface area (Å²) in [5.41, 5.74) is 8.84. The maximum Gasteiger partial charge on any atom is 0.154 e. The lowest BCUT2D eigenvalue weighted by atomic mass is 9.95. The summed E-state index contributed by atoms with van der Waals surface area (Å²) in [6, 6.07) is 35.3. The maximum atomic E-state index is 14.8. The van der Waals surface area contributed by atoms with Gasteiger partial charge in [-0.1, -0.05) is 83.9 Å². The van der Waals surface area contributed by atoms with Crippen LogP contribution in [0.15, 0.2) is 140 Å². The average Bonchev–Trinajstić information content (AvgIpc) is 3.19. The minimum atomic E-state index is -0.755. The number of benzene rings is 4. The highest BCUT2D eigenvalue weighted by Gasteiger charge is 2.25. The van der Waals surface area contributed by atoms with Gasteiger partial charge in [0.05, 0.1) is 16.6 Å². The van der Waals surface area contributed by atoms with Crippen LogP contribution < -0.4 is 11.1 Å². The molecule has 1 atom stereocenters. The molecule has 8 aromatic rings. The lowest BCUT2D eigenvalue weighted by Crippen LogP contribution is -2.16. The Morgan fingerprint density at radius 2 is 1.25 bits per heavy atom. The van der Waals surface area contributed by atoms with Gasteiger partial charge in [0.15, 0.2) is 6.29 Å². The molecule has 0 amide bonds. The second-order valence-corrected chi connectivity index (χ2v) is 13.1. The number of carbonyl (C=O) groups excluding carboxylic acids is 1. The van der Waals surface area contributed by atoms with Crippen molar-refractivity contribution in [3.8, 4) is 11.5 Å². The smallest absolute Gasteiger partial charge is 0.154 e. The van der Waals surface area contributed by atoms with E-state index in [0.29, 0.717) is 34.5 Å². The number of aryl methyl sites for hydroxylation is 2. The number of hydrogen-bond donors (Lipinski definition) is 4. The Kier molecular flexibility index (Phi) is 14.4. The molecule has 4 aromatic carbocycles. The van der Waals surface area contributed by atoms with Crippen molar-refractivity contribution in [2.45, 2.75) is 19.9 Å². The van der Waals surface area contributed by atoms with E-state index in [2.05, 4.69) is 25.3 Å². The zero-order valence-corrected chi connectivity index (χ0v) is 32.1. The molecule has 57 heavy (non-hydrogen) atoms. The second-order valence-electron chi connectivity index (χ2n) is 12.3. The van der Waals surface area contributed by atoms with Crippen LogP contribution in [0.2, 0.25) is 10.0 Å². The van der Waals surface area contributed by atoms with E-state index in [0.717, 1.165) is 22.2 Å². The predicted octanol–water partition coefficient (Wildman–Crippen LogP) is 10.8. The topological polar surface area (TPSA) is 147 Å². The molecule has 0 aliphatic rings. The first-order valence-corrected chi connectivity index (χ1v) is 18.0. The zero-order valence-electron chi connectivity index (χ0n) is 30.6. The Balaban J connectivity index is 0.000000173. The number of fused-ring (bicyclic) bond motifs is 2. The average molecular weight is 806 g/mol. The number of aromatic hydroxyl groups is 2. The van der Waals surface area contributed by atoms with E-state index in [4.69, 9.17) is 28.9 Å². The van der Waals surface area contributed by atoms with Gasteiger partial charge in [-0.25, -0.2) is 18.7 Å². The summed E-state index contributed by atoms with van der Waals surface area (Å²) in [6.45, 7) is 3.78. The van der Waals surface area contributed by atoms with Crippen LogP contribution in [0.1, 0.15) is 38.9 Å². The number of phenols is 2. The lowest BCUT2D eigenvalue weighted by Gasteiger charge is -2.23. The first-order valence-electron chi connectivity index (χ1n) is 17.3. The van der Waals surface area contributed by atoms with Crippen LogP contribution >= 0.6 is 23.2 Å². The van der Waals surface area contributed by atoms with E-state index < -0.39 is 17.7 Å². The number of hydrogen-bond acceptors (Lipinski definition) is 9. The van der Waals surface area contributed by atoms with Crippen molar-refractivity contribution >= 4 is 62.9 Å². The van der Waals surface area contributed by atoms with Gasteiger partial charge in [0.1, 0.15) is 45.8 Å². The zero-order chi connectivity index (χ0) is 40.9. The third-order valence-electron chi connectivity index (χ3n) is 8.20.